The number of amides is 1. The normalized spacial score (nSPS) is 11.8. The maximum Gasteiger partial charge on any atom is 0.258 e. The summed E-state index contributed by atoms with van der Waals surface area (Å²) in [4.78, 5) is 11.8. The van der Waals surface area contributed by atoms with Crippen LogP contribution in [-0.4, -0.2) is 18.6 Å². The van der Waals surface area contributed by atoms with Crippen LogP contribution in [0.25, 0.3) is 0 Å². The molecule has 0 bridgehead atoms. The summed E-state index contributed by atoms with van der Waals surface area (Å²) in [7, 11) is 0. The smallest absolute Gasteiger partial charge is 0.258 e. The predicted molar refractivity (Wildman–Crippen MR) is 90.9 cm³/mol. The molecular weight excluding hydrogens is 290 g/mol. The van der Waals surface area contributed by atoms with E-state index in [1.54, 1.807) is 12.1 Å². The van der Waals surface area contributed by atoms with E-state index in [4.69, 9.17) is 9.47 Å². The third-order valence-corrected chi connectivity index (χ3v) is 3.54. The fourth-order valence-corrected chi connectivity index (χ4v) is 1.86. The summed E-state index contributed by atoms with van der Waals surface area (Å²) in [6.45, 7) is 6.11. The van der Waals surface area contributed by atoms with E-state index in [9.17, 15) is 4.79 Å². The maximum absolute atomic E-state index is 11.8. The highest BCUT2D eigenvalue weighted by Crippen LogP contribution is 2.24. The van der Waals surface area contributed by atoms with Gasteiger partial charge in [-0.25, -0.2) is 0 Å². The summed E-state index contributed by atoms with van der Waals surface area (Å²) in [6.07, 6.45) is 0. The molecule has 0 unspecified atom stereocenters. The molecule has 4 heteroatoms. The highest BCUT2D eigenvalue weighted by molar-refractivity contribution is 5.77. The summed E-state index contributed by atoms with van der Waals surface area (Å²) < 4.78 is 11.3. The summed E-state index contributed by atoms with van der Waals surface area (Å²) >= 11 is 0. The van der Waals surface area contributed by atoms with Crippen LogP contribution in [0.2, 0.25) is 0 Å². The second-order valence-corrected chi connectivity index (χ2v) is 5.78. The summed E-state index contributed by atoms with van der Waals surface area (Å²) in [6, 6.07) is 16.9. The first kappa shape index (κ1) is 16.9. The molecule has 2 aromatic rings. The molecule has 0 spiro atoms. The Labute approximate surface area is 137 Å². The number of carbonyl (C=O) groups is 1. The van der Waals surface area contributed by atoms with E-state index in [-0.39, 0.29) is 18.6 Å². The zero-order valence-corrected chi connectivity index (χ0v) is 13.8. The lowest BCUT2D eigenvalue weighted by atomic mass is 10.1. The third kappa shape index (κ3) is 5.66. The topological polar surface area (TPSA) is 47.6 Å². The molecule has 1 N–H and O–H groups in total. The Morgan fingerprint density at radius 3 is 2.30 bits per heavy atom. The Kier molecular flexibility index (Phi) is 6.03. The first-order valence-corrected chi connectivity index (χ1v) is 7.79. The van der Waals surface area contributed by atoms with Crippen molar-refractivity contribution in [3.05, 3.63) is 54.6 Å². The monoisotopic (exact) mass is 313 g/mol. The van der Waals surface area contributed by atoms with Crippen molar-refractivity contribution in [2.45, 2.75) is 26.8 Å². The highest BCUT2D eigenvalue weighted by Gasteiger charge is 2.11. The predicted octanol–water partition coefficient (Wildman–Crippen LogP) is 4.02. The number of para-hydroxylation sites is 1. The van der Waals surface area contributed by atoms with Crippen LogP contribution in [0.3, 0.4) is 0 Å². The van der Waals surface area contributed by atoms with Crippen molar-refractivity contribution in [3.63, 3.8) is 0 Å². The number of benzene rings is 2. The third-order valence-electron chi connectivity index (χ3n) is 3.54. The van der Waals surface area contributed by atoms with Crippen LogP contribution in [0, 0.1) is 5.92 Å². The van der Waals surface area contributed by atoms with Crippen LogP contribution in [0.4, 0.5) is 0 Å². The second kappa shape index (κ2) is 8.22. The lowest BCUT2D eigenvalue weighted by molar-refractivity contribution is -0.124. The molecule has 4 nitrogen and oxygen atoms in total. The SMILES string of the molecule is CC(C)[C@H](C)NC(=O)COc1cccc(Oc2ccccc2)c1. The highest BCUT2D eigenvalue weighted by atomic mass is 16.5. The number of carbonyl (C=O) groups excluding carboxylic acids is 1. The van der Waals surface area contributed by atoms with Gasteiger partial charge in [0, 0.05) is 12.1 Å². The Hall–Kier alpha value is -2.49. The van der Waals surface area contributed by atoms with Gasteiger partial charge in [-0.2, -0.15) is 0 Å². The molecule has 2 aromatic carbocycles. The van der Waals surface area contributed by atoms with Crippen LogP contribution < -0.4 is 14.8 Å². The molecule has 1 atom stereocenters. The van der Waals surface area contributed by atoms with E-state index >= 15 is 0 Å². The van der Waals surface area contributed by atoms with Gasteiger partial charge in [0.1, 0.15) is 17.2 Å². The number of rotatable bonds is 7. The number of hydrogen-bond donors (Lipinski definition) is 1. The molecule has 0 aliphatic rings. The molecule has 2 rings (SSSR count). The molecule has 23 heavy (non-hydrogen) atoms. The lowest BCUT2D eigenvalue weighted by Gasteiger charge is -2.17. The Morgan fingerprint density at radius 1 is 0.957 bits per heavy atom. The largest absolute Gasteiger partial charge is 0.484 e. The van der Waals surface area contributed by atoms with Gasteiger partial charge >= 0.3 is 0 Å². The molecule has 0 aromatic heterocycles. The lowest BCUT2D eigenvalue weighted by Crippen LogP contribution is -2.38. The van der Waals surface area contributed by atoms with Crippen LogP contribution in [-0.2, 0) is 4.79 Å². The fraction of sp³-hybridized carbons (Fsp3) is 0.316. The van der Waals surface area contributed by atoms with Gasteiger partial charge in [0.25, 0.3) is 5.91 Å². The van der Waals surface area contributed by atoms with E-state index in [0.29, 0.717) is 17.4 Å². The molecule has 0 saturated heterocycles. The summed E-state index contributed by atoms with van der Waals surface area (Å²) in [5, 5.41) is 2.91. The van der Waals surface area contributed by atoms with Crippen molar-refractivity contribution in [1.29, 1.82) is 0 Å². The first-order valence-electron chi connectivity index (χ1n) is 7.79. The minimum absolute atomic E-state index is 0.00809. The van der Waals surface area contributed by atoms with E-state index in [2.05, 4.69) is 19.2 Å². The Morgan fingerprint density at radius 2 is 1.61 bits per heavy atom. The minimum atomic E-state index is -0.124. The molecule has 0 aliphatic heterocycles. The van der Waals surface area contributed by atoms with Crippen LogP contribution in [0.5, 0.6) is 17.2 Å². The van der Waals surface area contributed by atoms with Gasteiger partial charge < -0.3 is 14.8 Å². The van der Waals surface area contributed by atoms with Crippen molar-refractivity contribution in [1.82, 2.24) is 5.32 Å². The Bertz CT molecular complexity index is 626. The number of nitrogens with one attached hydrogen (secondary N) is 1. The molecular formula is C19H23NO3. The van der Waals surface area contributed by atoms with Crippen molar-refractivity contribution in [3.8, 4) is 17.2 Å². The number of ether oxygens (including phenoxy) is 2. The zero-order chi connectivity index (χ0) is 16.7. The number of hydrogen-bond acceptors (Lipinski definition) is 3. The Balaban J connectivity index is 1.89. The van der Waals surface area contributed by atoms with Crippen molar-refractivity contribution in [2.24, 2.45) is 5.92 Å². The van der Waals surface area contributed by atoms with Crippen LogP contribution in [0.15, 0.2) is 54.6 Å². The molecule has 0 radical (unpaired) electrons. The molecule has 122 valence electrons. The van der Waals surface area contributed by atoms with Gasteiger partial charge in [0.2, 0.25) is 0 Å². The second-order valence-electron chi connectivity index (χ2n) is 5.78. The standard InChI is InChI=1S/C19H23NO3/c1-14(2)15(3)20-19(21)13-22-17-10-7-11-18(12-17)23-16-8-5-4-6-9-16/h4-12,14-15H,13H2,1-3H3,(H,20,21)/t15-/m0/s1. The van der Waals surface area contributed by atoms with Crippen molar-refractivity contribution < 1.29 is 14.3 Å². The van der Waals surface area contributed by atoms with E-state index in [1.165, 1.54) is 0 Å². The van der Waals surface area contributed by atoms with Crippen molar-refractivity contribution >= 4 is 5.91 Å². The van der Waals surface area contributed by atoms with Crippen LogP contribution >= 0.6 is 0 Å². The minimum Gasteiger partial charge on any atom is -0.484 e. The summed E-state index contributed by atoms with van der Waals surface area (Å²) in [5.41, 5.74) is 0. The average molecular weight is 313 g/mol. The van der Waals surface area contributed by atoms with Gasteiger partial charge in [-0.1, -0.05) is 38.1 Å². The van der Waals surface area contributed by atoms with E-state index < -0.39 is 0 Å². The van der Waals surface area contributed by atoms with Crippen molar-refractivity contribution in [2.75, 3.05) is 6.61 Å². The fourth-order valence-electron chi connectivity index (χ4n) is 1.86. The van der Waals surface area contributed by atoms with Gasteiger partial charge in [-0.3, -0.25) is 4.79 Å². The molecule has 0 aliphatic carbocycles. The van der Waals surface area contributed by atoms with Gasteiger partial charge in [-0.05, 0) is 37.1 Å². The maximum atomic E-state index is 11.8. The molecule has 0 heterocycles. The zero-order valence-electron chi connectivity index (χ0n) is 13.8. The van der Waals surface area contributed by atoms with Crippen LogP contribution in [0.1, 0.15) is 20.8 Å². The van der Waals surface area contributed by atoms with Gasteiger partial charge in [0.05, 0.1) is 0 Å². The van der Waals surface area contributed by atoms with Gasteiger partial charge in [0.15, 0.2) is 6.61 Å². The first-order chi connectivity index (χ1) is 11.0. The molecule has 0 fully saturated rings. The molecule has 1 amide bonds. The quantitative estimate of drug-likeness (QED) is 0.840. The summed E-state index contributed by atoms with van der Waals surface area (Å²) in [5.74, 6) is 2.30. The van der Waals surface area contributed by atoms with Gasteiger partial charge in [-0.15, -0.1) is 0 Å². The van der Waals surface area contributed by atoms with E-state index in [1.807, 2.05) is 49.4 Å². The van der Waals surface area contributed by atoms with E-state index in [0.717, 1.165) is 5.75 Å². The molecule has 0 saturated carbocycles. The average Bonchev–Trinajstić information content (AvgIpc) is 2.54.